The van der Waals surface area contributed by atoms with E-state index in [0.29, 0.717) is 18.0 Å². The van der Waals surface area contributed by atoms with E-state index in [-0.39, 0.29) is 5.41 Å². The highest BCUT2D eigenvalue weighted by Crippen LogP contribution is 2.46. The van der Waals surface area contributed by atoms with Gasteiger partial charge in [0.1, 0.15) is 5.78 Å². The van der Waals surface area contributed by atoms with Crippen LogP contribution in [0.5, 0.6) is 0 Å². The Kier molecular flexibility index (Phi) is 4.11. The molecule has 2 nitrogen and oxygen atoms in total. The van der Waals surface area contributed by atoms with Gasteiger partial charge in [-0.1, -0.05) is 53.1 Å². The predicted molar refractivity (Wildman–Crippen MR) is 98.4 cm³/mol. The molecule has 0 aromatic heterocycles. The molecule has 1 saturated carbocycles. The highest BCUT2D eigenvalue weighted by Gasteiger charge is 2.45. The second-order valence-corrected chi connectivity index (χ2v) is 19.5. The van der Waals surface area contributed by atoms with Crippen LogP contribution in [0.15, 0.2) is 21.5 Å². The van der Waals surface area contributed by atoms with Crippen LogP contribution in [0, 0.1) is 5.41 Å². The Bertz CT molecular complexity index is 608. The van der Waals surface area contributed by atoms with Crippen LogP contribution in [0.2, 0.25) is 39.3 Å². The SMILES string of the molecule is CC1(C)CCC2=C([Si](C)(C)C)C(=O)C([Si](C)(C)C)=C2CC1=O. The van der Waals surface area contributed by atoms with Crippen LogP contribution < -0.4 is 0 Å². The molecule has 0 bridgehead atoms. The summed E-state index contributed by atoms with van der Waals surface area (Å²) in [7, 11) is -3.46. The van der Waals surface area contributed by atoms with Crippen molar-refractivity contribution in [3.8, 4) is 0 Å². The quantitative estimate of drug-likeness (QED) is 0.686. The van der Waals surface area contributed by atoms with Crippen LogP contribution in [-0.4, -0.2) is 27.7 Å². The van der Waals surface area contributed by atoms with Crippen LogP contribution in [0.25, 0.3) is 0 Å². The van der Waals surface area contributed by atoms with Gasteiger partial charge in [-0.3, -0.25) is 9.59 Å². The summed E-state index contributed by atoms with van der Waals surface area (Å²) in [6.45, 7) is 17.6. The molecule has 0 radical (unpaired) electrons. The van der Waals surface area contributed by atoms with E-state index in [1.54, 1.807) is 0 Å². The first-order chi connectivity index (χ1) is 9.77. The summed E-state index contributed by atoms with van der Waals surface area (Å²) in [4.78, 5) is 25.9. The maximum absolute atomic E-state index is 13.2. The summed E-state index contributed by atoms with van der Waals surface area (Å²) in [5.41, 5.74) is 2.14. The molecule has 2 aliphatic carbocycles. The van der Waals surface area contributed by atoms with Crippen LogP contribution in [0.3, 0.4) is 0 Å². The van der Waals surface area contributed by atoms with Crippen LogP contribution in [0.1, 0.15) is 33.1 Å². The van der Waals surface area contributed by atoms with Gasteiger partial charge in [0.05, 0.1) is 16.1 Å². The van der Waals surface area contributed by atoms with E-state index in [2.05, 4.69) is 53.1 Å². The second-order valence-electron chi connectivity index (χ2n) is 9.52. The number of fused-ring (bicyclic) bond motifs is 1. The zero-order chi connectivity index (χ0) is 17.1. The molecule has 0 spiro atoms. The van der Waals surface area contributed by atoms with Gasteiger partial charge in [0, 0.05) is 11.8 Å². The van der Waals surface area contributed by atoms with E-state index in [4.69, 9.17) is 0 Å². The molecular formula is C18H30O2Si2. The van der Waals surface area contributed by atoms with E-state index in [1.807, 2.05) is 0 Å². The molecule has 122 valence electrons. The van der Waals surface area contributed by atoms with E-state index in [1.165, 1.54) is 5.57 Å². The van der Waals surface area contributed by atoms with E-state index < -0.39 is 16.1 Å². The molecular weight excluding hydrogens is 304 g/mol. The monoisotopic (exact) mass is 334 g/mol. The molecule has 2 aliphatic rings. The molecule has 0 aromatic carbocycles. The molecule has 22 heavy (non-hydrogen) atoms. The zero-order valence-corrected chi connectivity index (χ0v) is 17.4. The minimum atomic E-state index is -1.76. The Morgan fingerprint density at radius 2 is 1.27 bits per heavy atom. The van der Waals surface area contributed by atoms with E-state index in [9.17, 15) is 9.59 Å². The van der Waals surface area contributed by atoms with Crippen molar-refractivity contribution in [2.75, 3.05) is 0 Å². The fourth-order valence-electron chi connectivity index (χ4n) is 3.74. The van der Waals surface area contributed by atoms with Crippen molar-refractivity contribution in [1.29, 1.82) is 0 Å². The Balaban J connectivity index is 2.70. The first-order valence-electron chi connectivity index (χ1n) is 8.32. The number of Topliss-reactive ketones (excluding diaryl/α,β-unsaturated/α-hetero) is 2. The molecule has 0 heterocycles. The minimum absolute atomic E-state index is 0.261. The molecule has 0 N–H and O–H groups in total. The van der Waals surface area contributed by atoms with Crippen molar-refractivity contribution in [3.63, 3.8) is 0 Å². The van der Waals surface area contributed by atoms with Crippen molar-refractivity contribution < 1.29 is 9.59 Å². The van der Waals surface area contributed by atoms with Crippen molar-refractivity contribution in [2.45, 2.75) is 72.4 Å². The maximum Gasteiger partial charge on any atom is 0.177 e. The van der Waals surface area contributed by atoms with E-state index >= 15 is 0 Å². The average Bonchev–Trinajstić information content (AvgIpc) is 2.52. The average molecular weight is 335 g/mol. The summed E-state index contributed by atoms with van der Waals surface area (Å²) in [6.07, 6.45) is 2.24. The van der Waals surface area contributed by atoms with Crippen molar-refractivity contribution >= 4 is 27.7 Å². The third-order valence-electron chi connectivity index (χ3n) is 5.01. The summed E-state index contributed by atoms with van der Waals surface area (Å²) in [5, 5.41) is 2.16. The van der Waals surface area contributed by atoms with Gasteiger partial charge in [-0.2, -0.15) is 0 Å². The third kappa shape index (κ3) is 2.87. The molecule has 0 amide bonds. The Morgan fingerprint density at radius 3 is 1.73 bits per heavy atom. The van der Waals surface area contributed by atoms with Crippen LogP contribution >= 0.6 is 0 Å². The Hall–Kier alpha value is -0.746. The molecule has 0 saturated heterocycles. The van der Waals surface area contributed by atoms with Crippen molar-refractivity contribution in [1.82, 2.24) is 0 Å². The Labute approximate surface area is 137 Å². The maximum atomic E-state index is 13.2. The summed E-state index contributed by atoms with van der Waals surface area (Å²) < 4.78 is 0. The number of hydrogen-bond acceptors (Lipinski definition) is 2. The first kappa shape index (κ1) is 17.6. The van der Waals surface area contributed by atoms with Gasteiger partial charge in [0.15, 0.2) is 5.78 Å². The molecule has 0 aliphatic heterocycles. The zero-order valence-electron chi connectivity index (χ0n) is 15.4. The predicted octanol–water partition coefficient (Wildman–Crippen LogP) is 4.70. The lowest BCUT2D eigenvalue weighted by molar-refractivity contribution is -0.126. The highest BCUT2D eigenvalue weighted by molar-refractivity contribution is 6.94. The normalized spacial score (nSPS) is 23.1. The van der Waals surface area contributed by atoms with Gasteiger partial charge in [-0.25, -0.2) is 0 Å². The summed E-state index contributed by atoms with van der Waals surface area (Å²) in [5.74, 6) is 0.605. The first-order valence-corrected chi connectivity index (χ1v) is 15.3. The summed E-state index contributed by atoms with van der Waals surface area (Å²) in [6, 6.07) is 0. The van der Waals surface area contributed by atoms with Gasteiger partial charge in [0.2, 0.25) is 0 Å². The highest BCUT2D eigenvalue weighted by atomic mass is 28.3. The second kappa shape index (κ2) is 5.13. The van der Waals surface area contributed by atoms with Crippen LogP contribution in [0.4, 0.5) is 0 Å². The largest absolute Gasteiger partial charge is 0.299 e. The van der Waals surface area contributed by atoms with Gasteiger partial charge >= 0.3 is 0 Å². The lowest BCUT2D eigenvalue weighted by Gasteiger charge is -2.24. The summed E-state index contributed by atoms with van der Waals surface area (Å²) >= 11 is 0. The molecule has 1 fully saturated rings. The molecule has 2 rings (SSSR count). The fraction of sp³-hybridized carbons (Fsp3) is 0.667. The lowest BCUT2D eigenvalue weighted by Crippen LogP contribution is -2.35. The van der Waals surface area contributed by atoms with Gasteiger partial charge in [-0.15, -0.1) is 0 Å². The Morgan fingerprint density at radius 1 is 0.818 bits per heavy atom. The van der Waals surface area contributed by atoms with Gasteiger partial charge in [0.25, 0.3) is 0 Å². The molecule has 0 aromatic rings. The van der Waals surface area contributed by atoms with Crippen molar-refractivity contribution in [3.05, 3.63) is 21.5 Å². The topological polar surface area (TPSA) is 34.1 Å². The molecule has 4 heteroatoms. The number of rotatable bonds is 2. The molecule has 0 atom stereocenters. The number of carbonyl (C=O) groups excluding carboxylic acids is 2. The van der Waals surface area contributed by atoms with Gasteiger partial charge < -0.3 is 0 Å². The number of ketones is 2. The van der Waals surface area contributed by atoms with Crippen LogP contribution in [-0.2, 0) is 9.59 Å². The van der Waals surface area contributed by atoms with Gasteiger partial charge in [-0.05, 0) is 34.4 Å². The third-order valence-corrected chi connectivity index (χ3v) is 9.07. The van der Waals surface area contributed by atoms with E-state index in [0.717, 1.165) is 28.8 Å². The lowest BCUT2D eigenvalue weighted by atomic mass is 9.83. The minimum Gasteiger partial charge on any atom is -0.299 e. The molecule has 0 unspecified atom stereocenters. The standard InChI is InChI=1S/C18H30O2Si2/c1-18(2)10-9-12-13(11-14(18)19)17(22(6,7)8)15(20)16(12)21(3,4)5/h9-11H2,1-8H3. The number of hydrogen-bond donors (Lipinski definition) is 0. The number of carbonyl (C=O) groups is 2. The fourth-order valence-corrected chi connectivity index (χ4v) is 7.80. The smallest absolute Gasteiger partial charge is 0.177 e. The number of allylic oxidation sites excluding steroid dienone is 4. The van der Waals surface area contributed by atoms with Crippen molar-refractivity contribution in [2.24, 2.45) is 5.41 Å².